The van der Waals surface area contributed by atoms with Gasteiger partial charge in [-0.1, -0.05) is 6.07 Å². The van der Waals surface area contributed by atoms with Crippen LogP contribution in [0.1, 0.15) is 11.1 Å². The highest BCUT2D eigenvalue weighted by Gasteiger charge is 2.29. The number of sulfone groups is 1. The summed E-state index contributed by atoms with van der Waals surface area (Å²) in [6.07, 6.45) is 1.41. The molecule has 0 unspecified atom stereocenters. The Morgan fingerprint density at radius 2 is 1.89 bits per heavy atom. The predicted molar refractivity (Wildman–Crippen MR) is 70.9 cm³/mol. The molecule has 1 aromatic rings. The van der Waals surface area contributed by atoms with E-state index in [4.69, 9.17) is 0 Å². The van der Waals surface area contributed by atoms with Gasteiger partial charge in [0.15, 0.2) is 14.9 Å². The topological polar surface area (TPSA) is 91.8 Å². The molecule has 1 aliphatic heterocycles. The van der Waals surface area contributed by atoms with Crippen molar-refractivity contribution >= 4 is 19.9 Å². The number of aromatic hydroxyl groups is 1. The molecular formula is C11H15NO5S2. The second kappa shape index (κ2) is 4.77. The molecule has 1 N–H and O–H groups in total. The third-order valence-electron chi connectivity index (χ3n) is 2.92. The fraction of sp³-hybridized carbons (Fsp3) is 0.455. The normalized spacial score (nSPS) is 17.1. The van der Waals surface area contributed by atoms with Gasteiger partial charge in [-0.3, -0.25) is 0 Å². The molecule has 0 amide bonds. The minimum Gasteiger partial charge on any atom is -0.508 e. The second-order valence-corrected chi connectivity index (χ2v) is 9.17. The van der Waals surface area contributed by atoms with E-state index in [0.717, 1.165) is 16.1 Å². The number of hydrogen-bond donors (Lipinski definition) is 1. The van der Waals surface area contributed by atoms with Crippen molar-refractivity contribution in [1.29, 1.82) is 0 Å². The average molecular weight is 305 g/mol. The van der Waals surface area contributed by atoms with Crippen LogP contribution in [0.15, 0.2) is 18.2 Å². The molecule has 6 nitrogen and oxygen atoms in total. The van der Waals surface area contributed by atoms with Gasteiger partial charge in [-0.05, 0) is 29.7 Å². The number of phenolic OH excluding ortho intramolecular Hbond substituents is 1. The minimum atomic E-state index is -3.83. The largest absolute Gasteiger partial charge is 0.508 e. The monoisotopic (exact) mass is 305 g/mol. The van der Waals surface area contributed by atoms with Crippen molar-refractivity contribution in [2.24, 2.45) is 0 Å². The van der Waals surface area contributed by atoms with Gasteiger partial charge in [0.2, 0.25) is 10.0 Å². The summed E-state index contributed by atoms with van der Waals surface area (Å²) in [6.45, 7) is 0.358. The van der Waals surface area contributed by atoms with Crippen LogP contribution in [0.5, 0.6) is 5.75 Å². The number of rotatable bonds is 3. The van der Waals surface area contributed by atoms with Gasteiger partial charge in [0.05, 0.1) is 0 Å². The Kier molecular flexibility index (Phi) is 3.59. The van der Waals surface area contributed by atoms with Gasteiger partial charge >= 0.3 is 0 Å². The molecule has 0 aromatic heterocycles. The van der Waals surface area contributed by atoms with Gasteiger partial charge in [0.25, 0.3) is 0 Å². The Morgan fingerprint density at radius 3 is 2.53 bits per heavy atom. The van der Waals surface area contributed by atoms with E-state index in [9.17, 15) is 21.9 Å². The van der Waals surface area contributed by atoms with Crippen molar-refractivity contribution in [3.8, 4) is 5.75 Å². The van der Waals surface area contributed by atoms with Crippen LogP contribution in [0.25, 0.3) is 0 Å². The molecule has 0 spiro atoms. The molecule has 0 saturated carbocycles. The van der Waals surface area contributed by atoms with Crippen molar-refractivity contribution in [3.05, 3.63) is 29.3 Å². The fourth-order valence-electron chi connectivity index (χ4n) is 2.10. The number of phenols is 1. The van der Waals surface area contributed by atoms with Crippen molar-refractivity contribution in [3.63, 3.8) is 0 Å². The van der Waals surface area contributed by atoms with Crippen molar-refractivity contribution in [2.75, 3.05) is 17.9 Å². The summed E-state index contributed by atoms with van der Waals surface area (Å²) in [5.41, 5.74) is 1.69. The van der Waals surface area contributed by atoms with E-state index in [0.29, 0.717) is 12.0 Å². The zero-order chi connectivity index (χ0) is 14.3. The van der Waals surface area contributed by atoms with E-state index in [1.54, 1.807) is 12.1 Å². The number of nitrogens with zero attached hydrogens (tertiary/aromatic N) is 1. The highest BCUT2D eigenvalue weighted by Crippen LogP contribution is 2.25. The predicted octanol–water partition coefficient (Wildman–Crippen LogP) is 0.0822. The number of fused-ring (bicyclic) bond motifs is 1. The lowest BCUT2D eigenvalue weighted by molar-refractivity contribution is 0.391. The second-order valence-electron chi connectivity index (χ2n) is 4.69. The molecule has 0 saturated heterocycles. The van der Waals surface area contributed by atoms with Crippen LogP contribution in [0, 0.1) is 0 Å². The third kappa shape index (κ3) is 3.46. The Hall–Kier alpha value is -1.12. The van der Waals surface area contributed by atoms with Crippen LogP contribution in [0.3, 0.4) is 0 Å². The molecule has 1 aliphatic rings. The third-order valence-corrected chi connectivity index (χ3v) is 6.93. The zero-order valence-corrected chi connectivity index (χ0v) is 12.0. The first-order chi connectivity index (χ1) is 8.67. The van der Waals surface area contributed by atoms with Crippen LogP contribution in [0.4, 0.5) is 0 Å². The summed E-state index contributed by atoms with van der Waals surface area (Å²) in [6, 6.07) is 4.82. The summed E-state index contributed by atoms with van der Waals surface area (Å²) < 4.78 is 47.4. The molecule has 106 valence electrons. The number of sulfonamides is 1. The molecule has 0 aliphatic carbocycles. The first-order valence-corrected chi connectivity index (χ1v) is 9.31. The van der Waals surface area contributed by atoms with Crippen molar-refractivity contribution in [1.82, 2.24) is 4.31 Å². The van der Waals surface area contributed by atoms with Crippen LogP contribution in [-0.2, 0) is 32.8 Å². The SMILES string of the molecule is CS(=O)(=O)CS(=O)(=O)N1CCc2ccc(O)cc2C1. The summed E-state index contributed by atoms with van der Waals surface area (Å²) in [5, 5.41) is 8.52. The van der Waals surface area contributed by atoms with Gasteiger partial charge in [-0.15, -0.1) is 0 Å². The molecular weight excluding hydrogens is 290 g/mol. The first kappa shape index (κ1) is 14.3. The molecule has 2 rings (SSSR count). The van der Waals surface area contributed by atoms with Gasteiger partial charge in [-0.2, -0.15) is 4.31 Å². The summed E-state index contributed by atoms with van der Waals surface area (Å²) >= 11 is 0. The maximum Gasteiger partial charge on any atom is 0.228 e. The van der Waals surface area contributed by atoms with Crippen LogP contribution >= 0.6 is 0 Å². The van der Waals surface area contributed by atoms with E-state index < -0.39 is 24.9 Å². The average Bonchev–Trinajstić information content (AvgIpc) is 2.24. The first-order valence-electron chi connectivity index (χ1n) is 5.64. The molecule has 1 heterocycles. The smallest absolute Gasteiger partial charge is 0.228 e. The van der Waals surface area contributed by atoms with E-state index >= 15 is 0 Å². The van der Waals surface area contributed by atoms with E-state index in [1.165, 1.54) is 6.07 Å². The molecule has 0 radical (unpaired) electrons. The van der Waals surface area contributed by atoms with Crippen molar-refractivity contribution < 1.29 is 21.9 Å². The molecule has 1 aromatic carbocycles. The Labute approximate surface area is 112 Å². The molecule has 0 fully saturated rings. The molecule has 8 heteroatoms. The van der Waals surface area contributed by atoms with Crippen molar-refractivity contribution in [2.45, 2.75) is 13.0 Å². The summed E-state index contributed by atoms with van der Waals surface area (Å²) in [7, 11) is -7.43. The number of hydrogen-bond acceptors (Lipinski definition) is 5. The summed E-state index contributed by atoms with van der Waals surface area (Å²) in [4.78, 5) is 0. The number of benzene rings is 1. The maximum absolute atomic E-state index is 12.0. The molecule has 0 atom stereocenters. The molecule has 0 bridgehead atoms. The van der Waals surface area contributed by atoms with Gasteiger partial charge in [0, 0.05) is 19.3 Å². The fourth-order valence-corrected chi connectivity index (χ4v) is 5.57. The van der Waals surface area contributed by atoms with Crippen LogP contribution in [-0.4, -0.2) is 44.1 Å². The van der Waals surface area contributed by atoms with E-state index in [-0.39, 0.29) is 18.8 Å². The minimum absolute atomic E-state index is 0.0705. The van der Waals surface area contributed by atoms with Gasteiger partial charge < -0.3 is 5.11 Å². The lowest BCUT2D eigenvalue weighted by Crippen LogP contribution is -2.38. The van der Waals surface area contributed by atoms with E-state index in [1.807, 2.05) is 0 Å². The lowest BCUT2D eigenvalue weighted by atomic mass is 10.0. The Bertz CT molecular complexity index is 694. The maximum atomic E-state index is 12.0. The van der Waals surface area contributed by atoms with Gasteiger partial charge in [0.1, 0.15) is 5.75 Å². The quantitative estimate of drug-likeness (QED) is 0.854. The van der Waals surface area contributed by atoms with Crippen LogP contribution in [0.2, 0.25) is 0 Å². The standard InChI is InChI=1S/C11H15NO5S2/c1-18(14,15)8-19(16,17)12-5-4-9-2-3-11(13)6-10(9)7-12/h2-3,6,13H,4-5,7-8H2,1H3. The zero-order valence-electron chi connectivity index (χ0n) is 10.4. The highest BCUT2D eigenvalue weighted by atomic mass is 32.3. The van der Waals surface area contributed by atoms with E-state index in [2.05, 4.69) is 0 Å². The van der Waals surface area contributed by atoms with Gasteiger partial charge in [-0.25, -0.2) is 16.8 Å². The Balaban J connectivity index is 2.27. The van der Waals surface area contributed by atoms with Crippen LogP contribution < -0.4 is 0 Å². The lowest BCUT2D eigenvalue weighted by Gasteiger charge is -2.27. The molecule has 19 heavy (non-hydrogen) atoms. The Morgan fingerprint density at radius 1 is 1.21 bits per heavy atom. The summed E-state index contributed by atoms with van der Waals surface area (Å²) in [5.74, 6) is 0.0705. The highest BCUT2D eigenvalue weighted by molar-refractivity contribution is 8.06.